The normalized spacial score (nSPS) is 14.8. The molecule has 0 N–H and O–H groups in total. The maximum absolute atomic E-state index is 2.42. The van der Waals surface area contributed by atoms with Gasteiger partial charge in [0.2, 0.25) is 0 Å². The lowest BCUT2D eigenvalue weighted by Gasteiger charge is -2.35. The Morgan fingerprint density at radius 2 is 0.956 bits per heavy atom. The number of rotatable bonds is 6. The molecule has 220 valence electrons. The summed E-state index contributed by atoms with van der Waals surface area (Å²) in [7, 11) is 0. The van der Waals surface area contributed by atoms with Gasteiger partial charge in [0.05, 0.1) is 0 Å². The molecule has 0 unspecified atom stereocenters. The van der Waals surface area contributed by atoms with E-state index < -0.39 is 0 Å². The van der Waals surface area contributed by atoms with E-state index in [1.165, 1.54) is 92.3 Å². The number of fused-ring (bicyclic) bond motifs is 3. The summed E-state index contributed by atoms with van der Waals surface area (Å²) in [6.07, 6.45) is 7.66. The van der Waals surface area contributed by atoms with Crippen molar-refractivity contribution in [3.8, 4) is 11.1 Å². The minimum Gasteiger partial charge on any atom is -0.310 e. The molecule has 0 saturated heterocycles. The first kappa shape index (κ1) is 27.9. The number of nitrogens with zero attached hydrogens (tertiary/aromatic N) is 1. The van der Waals surface area contributed by atoms with Gasteiger partial charge in [0, 0.05) is 42.6 Å². The molecule has 1 saturated carbocycles. The van der Waals surface area contributed by atoms with Crippen LogP contribution in [0.15, 0.2) is 152 Å². The second-order valence-corrected chi connectivity index (χ2v) is 13.5. The molecular weight excluding hydrogens is 563 g/mol. The van der Waals surface area contributed by atoms with Crippen molar-refractivity contribution in [3.63, 3.8) is 0 Å². The molecule has 1 aliphatic rings. The molecule has 0 radical (unpaired) electrons. The molecule has 8 rings (SSSR count). The summed E-state index contributed by atoms with van der Waals surface area (Å²) in [5.41, 5.74) is 8.98. The SMILES string of the molecule is c1ccc(-c2ccc(N(c3ccc(C4(c5ccccc5)CCCCCC4)cc3)c3ccc4c(c3)sc3ccccc34)cc2)cc1. The molecule has 6 aromatic carbocycles. The second kappa shape index (κ2) is 12.0. The highest BCUT2D eigenvalue weighted by atomic mass is 32.1. The number of hydrogen-bond donors (Lipinski definition) is 0. The van der Waals surface area contributed by atoms with Crippen LogP contribution >= 0.6 is 11.3 Å². The van der Waals surface area contributed by atoms with E-state index in [4.69, 9.17) is 0 Å². The van der Waals surface area contributed by atoms with Crippen LogP contribution in [0.25, 0.3) is 31.3 Å². The van der Waals surface area contributed by atoms with Crippen LogP contribution in [0, 0.1) is 0 Å². The molecule has 0 aliphatic heterocycles. The molecule has 1 aliphatic carbocycles. The first-order valence-corrected chi connectivity index (χ1v) is 17.1. The predicted molar refractivity (Wildman–Crippen MR) is 194 cm³/mol. The maximum atomic E-state index is 2.42. The molecule has 7 aromatic rings. The molecule has 0 spiro atoms. The molecule has 0 amide bonds. The van der Waals surface area contributed by atoms with E-state index in [0.717, 1.165) is 5.69 Å². The summed E-state index contributed by atoms with van der Waals surface area (Å²) >= 11 is 1.88. The van der Waals surface area contributed by atoms with Crippen LogP contribution in [-0.2, 0) is 5.41 Å². The largest absolute Gasteiger partial charge is 0.310 e. The van der Waals surface area contributed by atoms with Gasteiger partial charge in [-0.2, -0.15) is 0 Å². The summed E-state index contributed by atoms with van der Waals surface area (Å²) in [4.78, 5) is 2.42. The standard InChI is InChI=1S/C43H37NS/c1-2-12-30-43(29-11-1,34-15-7-4-8-16-34)35-21-25-37(26-22-35)44(36-23-19-33(20-24-36)32-13-5-3-6-14-32)38-27-28-40-39-17-9-10-18-41(39)45-42(40)31-38/h3-10,13-28,31H,1-2,11-12,29-30H2. The van der Waals surface area contributed by atoms with Crippen LogP contribution < -0.4 is 4.90 Å². The fourth-order valence-electron chi connectivity index (χ4n) is 7.50. The molecule has 2 heteroatoms. The van der Waals surface area contributed by atoms with Crippen molar-refractivity contribution < 1.29 is 0 Å². The van der Waals surface area contributed by atoms with Gasteiger partial charge < -0.3 is 4.90 Å². The molecule has 1 nitrogen and oxygen atoms in total. The quantitative estimate of drug-likeness (QED) is 0.172. The Bertz CT molecular complexity index is 2030. The maximum Gasteiger partial charge on any atom is 0.0476 e. The summed E-state index contributed by atoms with van der Waals surface area (Å²) in [5, 5.41) is 2.66. The number of thiophene rings is 1. The fraction of sp³-hybridized carbons (Fsp3) is 0.163. The van der Waals surface area contributed by atoms with Crippen molar-refractivity contribution in [1.29, 1.82) is 0 Å². The van der Waals surface area contributed by atoms with Gasteiger partial charge in [0.15, 0.2) is 0 Å². The summed E-state index contributed by atoms with van der Waals surface area (Å²) in [6, 6.07) is 56.2. The molecule has 1 heterocycles. The van der Waals surface area contributed by atoms with E-state index in [1.54, 1.807) is 0 Å². The van der Waals surface area contributed by atoms with Crippen LogP contribution in [0.4, 0.5) is 17.1 Å². The fourth-order valence-corrected chi connectivity index (χ4v) is 8.64. The Morgan fingerprint density at radius 1 is 0.422 bits per heavy atom. The van der Waals surface area contributed by atoms with E-state index in [-0.39, 0.29) is 5.41 Å². The molecular formula is C43H37NS. The average Bonchev–Trinajstić information content (AvgIpc) is 3.29. The van der Waals surface area contributed by atoms with Crippen LogP contribution in [0.1, 0.15) is 49.7 Å². The zero-order valence-electron chi connectivity index (χ0n) is 25.5. The van der Waals surface area contributed by atoms with Crippen molar-refractivity contribution >= 4 is 48.6 Å². The van der Waals surface area contributed by atoms with Gasteiger partial charge >= 0.3 is 0 Å². The van der Waals surface area contributed by atoms with Gasteiger partial charge in [0.25, 0.3) is 0 Å². The van der Waals surface area contributed by atoms with Crippen molar-refractivity contribution in [2.24, 2.45) is 0 Å². The topological polar surface area (TPSA) is 3.24 Å². The lowest BCUT2D eigenvalue weighted by atomic mass is 9.69. The van der Waals surface area contributed by atoms with Crippen molar-refractivity contribution in [3.05, 3.63) is 163 Å². The van der Waals surface area contributed by atoms with Gasteiger partial charge in [-0.05, 0) is 77.6 Å². The van der Waals surface area contributed by atoms with Gasteiger partial charge in [-0.15, -0.1) is 11.3 Å². The number of benzene rings is 6. The molecule has 0 atom stereocenters. The monoisotopic (exact) mass is 599 g/mol. The van der Waals surface area contributed by atoms with Gasteiger partial charge in [-0.25, -0.2) is 0 Å². The highest BCUT2D eigenvalue weighted by molar-refractivity contribution is 7.25. The predicted octanol–water partition coefficient (Wildman–Crippen LogP) is 12.8. The summed E-state index contributed by atoms with van der Waals surface area (Å²) in [6.45, 7) is 0. The number of anilines is 3. The second-order valence-electron chi connectivity index (χ2n) is 12.4. The third kappa shape index (κ3) is 5.24. The molecule has 1 fully saturated rings. The number of hydrogen-bond acceptors (Lipinski definition) is 2. The first-order chi connectivity index (χ1) is 22.3. The molecule has 1 aromatic heterocycles. The molecule has 45 heavy (non-hydrogen) atoms. The smallest absolute Gasteiger partial charge is 0.0476 e. The van der Waals surface area contributed by atoms with Crippen LogP contribution in [0.5, 0.6) is 0 Å². The summed E-state index contributed by atoms with van der Waals surface area (Å²) in [5.74, 6) is 0. The van der Waals surface area contributed by atoms with Crippen molar-refractivity contribution in [2.45, 2.75) is 43.9 Å². The van der Waals surface area contributed by atoms with Crippen LogP contribution in [0.2, 0.25) is 0 Å². The Kier molecular flexibility index (Phi) is 7.45. The van der Waals surface area contributed by atoms with E-state index in [9.17, 15) is 0 Å². The Balaban J connectivity index is 1.23. The van der Waals surface area contributed by atoms with Crippen molar-refractivity contribution in [1.82, 2.24) is 0 Å². The van der Waals surface area contributed by atoms with Crippen molar-refractivity contribution in [2.75, 3.05) is 4.90 Å². The third-order valence-corrected chi connectivity index (χ3v) is 10.9. The lowest BCUT2D eigenvalue weighted by molar-refractivity contribution is 0.446. The highest BCUT2D eigenvalue weighted by Crippen LogP contribution is 2.46. The zero-order valence-corrected chi connectivity index (χ0v) is 26.3. The lowest BCUT2D eigenvalue weighted by Crippen LogP contribution is -2.27. The minimum atomic E-state index is 0.0778. The third-order valence-electron chi connectivity index (χ3n) is 9.81. The van der Waals surface area contributed by atoms with Gasteiger partial charge in [0.1, 0.15) is 0 Å². The zero-order chi connectivity index (χ0) is 30.1. The van der Waals surface area contributed by atoms with E-state index in [1.807, 2.05) is 11.3 Å². The van der Waals surface area contributed by atoms with Crippen LogP contribution in [-0.4, -0.2) is 0 Å². The van der Waals surface area contributed by atoms with Gasteiger partial charge in [-0.1, -0.05) is 135 Å². The van der Waals surface area contributed by atoms with E-state index >= 15 is 0 Å². The molecule has 0 bridgehead atoms. The van der Waals surface area contributed by atoms with Crippen LogP contribution in [0.3, 0.4) is 0 Å². The average molecular weight is 600 g/mol. The Hall–Kier alpha value is -4.66. The Labute approximate surface area is 270 Å². The van der Waals surface area contributed by atoms with E-state index in [2.05, 4.69) is 157 Å². The summed E-state index contributed by atoms with van der Waals surface area (Å²) < 4.78 is 2.65. The first-order valence-electron chi connectivity index (χ1n) is 16.3. The van der Waals surface area contributed by atoms with E-state index in [0.29, 0.717) is 0 Å². The van der Waals surface area contributed by atoms with Gasteiger partial charge in [-0.3, -0.25) is 0 Å². The highest BCUT2D eigenvalue weighted by Gasteiger charge is 2.34. The minimum absolute atomic E-state index is 0.0778. The Morgan fingerprint density at radius 3 is 1.67 bits per heavy atom.